The van der Waals surface area contributed by atoms with Crippen LogP contribution in [-0.2, 0) is 11.3 Å². The fraction of sp³-hybridized carbons (Fsp3) is 0.583. The van der Waals surface area contributed by atoms with Crippen molar-refractivity contribution in [1.82, 2.24) is 10.3 Å². The lowest BCUT2D eigenvalue weighted by Gasteiger charge is -2.19. The van der Waals surface area contributed by atoms with E-state index in [1.807, 2.05) is 0 Å². The zero-order valence-electron chi connectivity index (χ0n) is 9.45. The van der Waals surface area contributed by atoms with Gasteiger partial charge in [0.05, 0.1) is 12.3 Å². The molecule has 0 radical (unpaired) electrons. The van der Waals surface area contributed by atoms with Crippen molar-refractivity contribution < 1.29 is 9.13 Å². The predicted molar refractivity (Wildman–Crippen MR) is 59.4 cm³/mol. The summed E-state index contributed by atoms with van der Waals surface area (Å²) >= 11 is 0. The van der Waals surface area contributed by atoms with Crippen molar-refractivity contribution in [1.29, 1.82) is 0 Å². The van der Waals surface area contributed by atoms with Gasteiger partial charge in [0, 0.05) is 25.4 Å². The summed E-state index contributed by atoms with van der Waals surface area (Å²) in [4.78, 5) is 4.01. The van der Waals surface area contributed by atoms with Crippen molar-refractivity contribution in [3.8, 4) is 0 Å². The van der Waals surface area contributed by atoms with Gasteiger partial charge in [0.1, 0.15) is 5.82 Å². The van der Waals surface area contributed by atoms with Gasteiger partial charge in [0.25, 0.3) is 0 Å². The number of rotatable bonds is 4. The van der Waals surface area contributed by atoms with Crippen LogP contribution < -0.4 is 5.32 Å². The van der Waals surface area contributed by atoms with Crippen LogP contribution in [0.3, 0.4) is 0 Å². The van der Waals surface area contributed by atoms with Crippen LogP contribution >= 0.6 is 0 Å². The Bertz CT molecular complexity index is 340. The van der Waals surface area contributed by atoms with Gasteiger partial charge in [-0.15, -0.1) is 0 Å². The van der Waals surface area contributed by atoms with E-state index in [-0.39, 0.29) is 5.82 Å². The zero-order valence-corrected chi connectivity index (χ0v) is 9.45. The molecule has 0 aromatic carbocycles. The van der Waals surface area contributed by atoms with E-state index in [0.29, 0.717) is 24.2 Å². The van der Waals surface area contributed by atoms with Gasteiger partial charge >= 0.3 is 0 Å². The fourth-order valence-corrected chi connectivity index (χ4v) is 1.92. The minimum Gasteiger partial charge on any atom is -0.381 e. The number of nitrogens with zero attached hydrogens (tertiary/aromatic N) is 1. The number of ether oxygens (including phenoxy) is 1. The zero-order chi connectivity index (χ0) is 11.4. The molecule has 1 saturated heterocycles. The van der Waals surface area contributed by atoms with Crippen LogP contribution in [0.5, 0.6) is 0 Å². The van der Waals surface area contributed by atoms with Gasteiger partial charge in [0.15, 0.2) is 0 Å². The summed E-state index contributed by atoms with van der Waals surface area (Å²) in [6.45, 7) is 4.23. The van der Waals surface area contributed by atoms with Crippen molar-refractivity contribution >= 4 is 0 Å². The molecule has 88 valence electrons. The third kappa shape index (κ3) is 2.77. The van der Waals surface area contributed by atoms with Crippen molar-refractivity contribution in [2.24, 2.45) is 5.92 Å². The molecule has 1 aliphatic heterocycles. The van der Waals surface area contributed by atoms with Gasteiger partial charge in [-0.1, -0.05) is 0 Å². The SMILES string of the molecule is CC(NCc1ncccc1F)C1CCOC1. The number of pyridine rings is 1. The van der Waals surface area contributed by atoms with E-state index in [0.717, 1.165) is 19.6 Å². The summed E-state index contributed by atoms with van der Waals surface area (Å²) in [5.41, 5.74) is 0.480. The minimum absolute atomic E-state index is 0.245. The van der Waals surface area contributed by atoms with Crippen LogP contribution in [0.1, 0.15) is 19.0 Å². The molecule has 1 N–H and O–H groups in total. The maximum atomic E-state index is 13.3. The van der Waals surface area contributed by atoms with Gasteiger partial charge in [-0.3, -0.25) is 4.98 Å². The Hall–Kier alpha value is -1.00. The third-order valence-electron chi connectivity index (χ3n) is 3.10. The first-order valence-corrected chi connectivity index (χ1v) is 5.68. The summed E-state index contributed by atoms with van der Waals surface area (Å²) in [7, 11) is 0. The van der Waals surface area contributed by atoms with Crippen molar-refractivity contribution in [3.63, 3.8) is 0 Å². The topological polar surface area (TPSA) is 34.2 Å². The van der Waals surface area contributed by atoms with E-state index in [9.17, 15) is 4.39 Å². The molecule has 2 heterocycles. The highest BCUT2D eigenvalue weighted by Crippen LogP contribution is 2.16. The lowest BCUT2D eigenvalue weighted by Crippen LogP contribution is -2.33. The Kier molecular flexibility index (Phi) is 3.85. The Morgan fingerprint density at radius 2 is 2.56 bits per heavy atom. The van der Waals surface area contributed by atoms with E-state index in [1.54, 1.807) is 12.3 Å². The van der Waals surface area contributed by atoms with Gasteiger partial charge < -0.3 is 10.1 Å². The van der Waals surface area contributed by atoms with Crippen LogP contribution in [0.25, 0.3) is 0 Å². The van der Waals surface area contributed by atoms with Crippen molar-refractivity contribution in [3.05, 3.63) is 29.8 Å². The van der Waals surface area contributed by atoms with E-state index < -0.39 is 0 Å². The highest BCUT2D eigenvalue weighted by molar-refractivity contribution is 5.06. The molecular weight excluding hydrogens is 207 g/mol. The molecule has 0 spiro atoms. The summed E-state index contributed by atoms with van der Waals surface area (Å²) in [5, 5.41) is 3.30. The summed E-state index contributed by atoms with van der Waals surface area (Å²) in [6, 6.07) is 3.38. The van der Waals surface area contributed by atoms with Gasteiger partial charge in [0.2, 0.25) is 0 Å². The molecule has 0 aliphatic carbocycles. The summed E-state index contributed by atoms with van der Waals surface area (Å²) in [5.74, 6) is 0.289. The molecule has 0 amide bonds. The first-order valence-electron chi connectivity index (χ1n) is 5.68. The molecule has 1 aliphatic rings. The number of hydrogen-bond acceptors (Lipinski definition) is 3. The van der Waals surface area contributed by atoms with Crippen LogP contribution in [0.15, 0.2) is 18.3 Å². The van der Waals surface area contributed by atoms with Crippen LogP contribution in [0, 0.1) is 11.7 Å². The Morgan fingerprint density at radius 3 is 3.25 bits per heavy atom. The molecule has 16 heavy (non-hydrogen) atoms. The third-order valence-corrected chi connectivity index (χ3v) is 3.10. The number of hydrogen-bond donors (Lipinski definition) is 1. The van der Waals surface area contributed by atoms with E-state index >= 15 is 0 Å². The summed E-state index contributed by atoms with van der Waals surface area (Å²) < 4.78 is 18.6. The molecule has 0 saturated carbocycles. The number of nitrogens with one attached hydrogen (secondary N) is 1. The van der Waals surface area contributed by atoms with E-state index in [2.05, 4.69) is 17.2 Å². The second kappa shape index (κ2) is 5.37. The van der Waals surface area contributed by atoms with Gasteiger partial charge in [-0.2, -0.15) is 0 Å². The standard InChI is InChI=1S/C12H17FN2O/c1-9(10-4-6-16-8-10)15-7-12-11(13)3-2-5-14-12/h2-3,5,9-10,15H,4,6-8H2,1H3. The van der Waals surface area contributed by atoms with Crippen molar-refractivity contribution in [2.75, 3.05) is 13.2 Å². The maximum Gasteiger partial charge on any atom is 0.146 e. The van der Waals surface area contributed by atoms with E-state index in [1.165, 1.54) is 6.07 Å². The molecule has 2 atom stereocenters. The monoisotopic (exact) mass is 224 g/mol. The smallest absolute Gasteiger partial charge is 0.146 e. The second-order valence-corrected chi connectivity index (χ2v) is 4.23. The van der Waals surface area contributed by atoms with Crippen LogP contribution in [0.2, 0.25) is 0 Å². The predicted octanol–water partition coefficient (Wildman–Crippen LogP) is 1.74. The van der Waals surface area contributed by atoms with Crippen LogP contribution in [0.4, 0.5) is 4.39 Å². The minimum atomic E-state index is -0.245. The molecule has 4 heteroatoms. The number of aromatic nitrogens is 1. The van der Waals surface area contributed by atoms with Crippen molar-refractivity contribution in [2.45, 2.75) is 25.9 Å². The molecular formula is C12H17FN2O. The highest BCUT2D eigenvalue weighted by Gasteiger charge is 2.21. The van der Waals surface area contributed by atoms with E-state index in [4.69, 9.17) is 4.74 Å². The highest BCUT2D eigenvalue weighted by atomic mass is 19.1. The fourth-order valence-electron chi connectivity index (χ4n) is 1.92. The lowest BCUT2D eigenvalue weighted by atomic mass is 10.0. The first-order chi connectivity index (χ1) is 7.77. The second-order valence-electron chi connectivity index (χ2n) is 4.23. The Labute approximate surface area is 95.0 Å². The molecule has 1 aromatic heterocycles. The molecule has 2 rings (SSSR count). The van der Waals surface area contributed by atoms with Gasteiger partial charge in [-0.05, 0) is 31.4 Å². The van der Waals surface area contributed by atoms with Gasteiger partial charge in [-0.25, -0.2) is 4.39 Å². The quantitative estimate of drug-likeness (QED) is 0.845. The Morgan fingerprint density at radius 1 is 1.69 bits per heavy atom. The molecule has 3 nitrogen and oxygen atoms in total. The molecule has 1 fully saturated rings. The lowest BCUT2D eigenvalue weighted by molar-refractivity contribution is 0.178. The molecule has 1 aromatic rings. The maximum absolute atomic E-state index is 13.3. The average molecular weight is 224 g/mol. The number of halogens is 1. The molecule has 0 bridgehead atoms. The molecule has 2 unspecified atom stereocenters. The Balaban J connectivity index is 1.84. The largest absolute Gasteiger partial charge is 0.381 e. The summed E-state index contributed by atoms with van der Waals surface area (Å²) in [6.07, 6.45) is 2.70. The normalized spacial score (nSPS) is 22.2. The average Bonchev–Trinajstić information content (AvgIpc) is 2.81. The first kappa shape index (κ1) is 11.5. The van der Waals surface area contributed by atoms with Crippen LogP contribution in [-0.4, -0.2) is 24.2 Å².